The average Bonchev–Trinajstić information content (AvgIpc) is 2.64. The average molecular weight is 261 g/mol. The lowest BCUT2D eigenvalue weighted by Gasteiger charge is -2.26. The molecule has 0 aromatic carbocycles. The molecule has 1 heterocycles. The summed E-state index contributed by atoms with van der Waals surface area (Å²) in [5.41, 5.74) is 0. The number of halogens is 1. The van der Waals surface area contributed by atoms with Crippen molar-refractivity contribution >= 4 is 18.3 Å². The predicted molar refractivity (Wildman–Crippen MR) is 72.4 cm³/mol. The fourth-order valence-corrected chi connectivity index (χ4v) is 2.78. The van der Waals surface area contributed by atoms with Crippen LogP contribution in [0.4, 0.5) is 0 Å². The van der Waals surface area contributed by atoms with E-state index in [1.807, 2.05) is 7.05 Å². The van der Waals surface area contributed by atoms with Gasteiger partial charge in [0.15, 0.2) is 0 Å². The van der Waals surface area contributed by atoms with Gasteiger partial charge in [0.2, 0.25) is 5.91 Å². The number of rotatable bonds is 5. The standard InChI is InChI=1S/C13H24N2O.ClH/c1-14-9-12-7-8-15(10-12)13(16)6-5-11-3-2-4-11;/h11-12,14H,2-10H2,1H3;1H. The minimum atomic E-state index is 0. The highest BCUT2D eigenvalue weighted by molar-refractivity contribution is 5.85. The molecule has 3 nitrogen and oxygen atoms in total. The van der Waals surface area contributed by atoms with Gasteiger partial charge < -0.3 is 10.2 Å². The van der Waals surface area contributed by atoms with E-state index in [2.05, 4.69) is 10.2 Å². The molecule has 1 aliphatic carbocycles. The number of nitrogens with zero attached hydrogens (tertiary/aromatic N) is 1. The van der Waals surface area contributed by atoms with Crippen LogP contribution in [0.3, 0.4) is 0 Å². The lowest BCUT2D eigenvalue weighted by atomic mass is 9.82. The predicted octanol–water partition coefficient (Wildman–Crippen LogP) is 2.06. The number of amides is 1. The van der Waals surface area contributed by atoms with Crippen LogP contribution in [0, 0.1) is 11.8 Å². The van der Waals surface area contributed by atoms with E-state index in [-0.39, 0.29) is 12.4 Å². The molecular weight excluding hydrogens is 236 g/mol. The zero-order chi connectivity index (χ0) is 11.4. The summed E-state index contributed by atoms with van der Waals surface area (Å²) in [6.07, 6.45) is 7.19. The van der Waals surface area contributed by atoms with Crippen LogP contribution in [0.5, 0.6) is 0 Å². The van der Waals surface area contributed by atoms with Crippen molar-refractivity contribution in [2.75, 3.05) is 26.7 Å². The molecule has 0 aromatic heterocycles. The van der Waals surface area contributed by atoms with Crippen molar-refractivity contribution in [2.45, 2.75) is 38.5 Å². The maximum absolute atomic E-state index is 11.9. The van der Waals surface area contributed by atoms with E-state index in [0.29, 0.717) is 11.8 Å². The Kier molecular flexibility index (Phi) is 6.28. The van der Waals surface area contributed by atoms with Gasteiger partial charge in [0.1, 0.15) is 0 Å². The van der Waals surface area contributed by atoms with E-state index in [1.54, 1.807) is 0 Å². The Morgan fingerprint density at radius 3 is 2.65 bits per heavy atom. The maximum Gasteiger partial charge on any atom is 0.222 e. The van der Waals surface area contributed by atoms with Crippen molar-refractivity contribution in [1.29, 1.82) is 0 Å². The van der Waals surface area contributed by atoms with Crippen molar-refractivity contribution in [3.8, 4) is 0 Å². The fraction of sp³-hybridized carbons (Fsp3) is 0.923. The normalized spacial score (nSPS) is 24.3. The lowest BCUT2D eigenvalue weighted by Crippen LogP contribution is -2.30. The molecule has 1 saturated heterocycles. The summed E-state index contributed by atoms with van der Waals surface area (Å²) in [7, 11) is 1.99. The Morgan fingerprint density at radius 2 is 2.06 bits per heavy atom. The Morgan fingerprint density at radius 1 is 1.29 bits per heavy atom. The van der Waals surface area contributed by atoms with Crippen LogP contribution in [0.2, 0.25) is 0 Å². The molecule has 4 heteroatoms. The second-order valence-electron chi connectivity index (χ2n) is 5.39. The molecule has 100 valence electrons. The smallest absolute Gasteiger partial charge is 0.222 e. The van der Waals surface area contributed by atoms with Gasteiger partial charge in [0, 0.05) is 19.5 Å². The van der Waals surface area contributed by atoms with E-state index in [0.717, 1.165) is 38.4 Å². The zero-order valence-electron chi connectivity index (χ0n) is 10.8. The van der Waals surface area contributed by atoms with Gasteiger partial charge in [-0.05, 0) is 38.3 Å². The van der Waals surface area contributed by atoms with Gasteiger partial charge in [0.25, 0.3) is 0 Å². The van der Waals surface area contributed by atoms with Crippen LogP contribution in [-0.4, -0.2) is 37.5 Å². The van der Waals surface area contributed by atoms with E-state index < -0.39 is 0 Å². The summed E-state index contributed by atoms with van der Waals surface area (Å²) in [5.74, 6) is 1.93. The molecule has 1 aliphatic heterocycles. The largest absolute Gasteiger partial charge is 0.342 e. The van der Waals surface area contributed by atoms with Crippen molar-refractivity contribution in [3.63, 3.8) is 0 Å². The van der Waals surface area contributed by atoms with Crippen molar-refractivity contribution in [2.24, 2.45) is 11.8 Å². The highest BCUT2D eigenvalue weighted by atomic mass is 35.5. The van der Waals surface area contributed by atoms with Crippen molar-refractivity contribution in [1.82, 2.24) is 10.2 Å². The number of hydrogen-bond donors (Lipinski definition) is 1. The summed E-state index contributed by atoms with van der Waals surface area (Å²) >= 11 is 0. The Hall–Kier alpha value is -0.280. The summed E-state index contributed by atoms with van der Waals surface area (Å²) in [6.45, 7) is 3.01. The highest BCUT2D eigenvalue weighted by Crippen LogP contribution is 2.30. The molecular formula is C13H25ClN2O. The van der Waals surface area contributed by atoms with Gasteiger partial charge in [-0.2, -0.15) is 0 Å². The number of nitrogens with one attached hydrogen (secondary N) is 1. The molecule has 2 rings (SSSR count). The van der Waals surface area contributed by atoms with E-state index >= 15 is 0 Å². The molecule has 1 amide bonds. The highest BCUT2D eigenvalue weighted by Gasteiger charge is 2.26. The second kappa shape index (κ2) is 7.22. The molecule has 0 spiro atoms. The summed E-state index contributed by atoms with van der Waals surface area (Å²) in [6, 6.07) is 0. The fourth-order valence-electron chi connectivity index (χ4n) is 2.78. The van der Waals surface area contributed by atoms with Gasteiger partial charge in [-0.1, -0.05) is 19.3 Å². The first kappa shape index (κ1) is 14.8. The molecule has 1 unspecified atom stereocenters. The molecule has 0 bridgehead atoms. The topological polar surface area (TPSA) is 32.3 Å². The number of hydrogen-bond acceptors (Lipinski definition) is 2. The molecule has 0 aromatic rings. The Balaban J connectivity index is 0.00000144. The molecule has 2 fully saturated rings. The summed E-state index contributed by atoms with van der Waals surface area (Å²) in [4.78, 5) is 14.0. The van der Waals surface area contributed by atoms with E-state index in [1.165, 1.54) is 25.7 Å². The first-order chi connectivity index (χ1) is 7.79. The Bertz CT molecular complexity index is 244. The van der Waals surface area contributed by atoms with Gasteiger partial charge in [-0.3, -0.25) is 4.79 Å². The van der Waals surface area contributed by atoms with Gasteiger partial charge in [-0.25, -0.2) is 0 Å². The van der Waals surface area contributed by atoms with Gasteiger partial charge in [0.05, 0.1) is 0 Å². The number of carbonyl (C=O) groups is 1. The molecule has 1 N–H and O–H groups in total. The molecule has 17 heavy (non-hydrogen) atoms. The van der Waals surface area contributed by atoms with E-state index in [4.69, 9.17) is 0 Å². The number of carbonyl (C=O) groups excluding carboxylic acids is 1. The van der Waals surface area contributed by atoms with Crippen molar-refractivity contribution < 1.29 is 4.79 Å². The van der Waals surface area contributed by atoms with Crippen LogP contribution < -0.4 is 5.32 Å². The minimum Gasteiger partial charge on any atom is -0.342 e. The lowest BCUT2D eigenvalue weighted by molar-refractivity contribution is -0.130. The Labute approximate surface area is 111 Å². The minimum absolute atomic E-state index is 0. The summed E-state index contributed by atoms with van der Waals surface area (Å²) in [5, 5.41) is 3.20. The third-order valence-corrected chi connectivity index (χ3v) is 4.12. The molecule has 1 saturated carbocycles. The third kappa shape index (κ3) is 4.14. The molecule has 2 aliphatic rings. The van der Waals surface area contributed by atoms with E-state index in [9.17, 15) is 4.79 Å². The quantitative estimate of drug-likeness (QED) is 0.821. The van der Waals surface area contributed by atoms with Crippen LogP contribution in [0.15, 0.2) is 0 Å². The first-order valence-electron chi connectivity index (χ1n) is 6.72. The van der Waals surface area contributed by atoms with Crippen molar-refractivity contribution in [3.05, 3.63) is 0 Å². The third-order valence-electron chi connectivity index (χ3n) is 4.12. The zero-order valence-corrected chi connectivity index (χ0v) is 11.6. The maximum atomic E-state index is 11.9. The van der Waals surface area contributed by atoms with Crippen LogP contribution >= 0.6 is 12.4 Å². The first-order valence-corrected chi connectivity index (χ1v) is 6.72. The van der Waals surface area contributed by atoms with Crippen LogP contribution in [0.25, 0.3) is 0 Å². The van der Waals surface area contributed by atoms with Crippen LogP contribution in [0.1, 0.15) is 38.5 Å². The van der Waals surface area contributed by atoms with Crippen LogP contribution in [-0.2, 0) is 4.79 Å². The monoisotopic (exact) mass is 260 g/mol. The molecule has 1 atom stereocenters. The molecule has 0 radical (unpaired) electrons. The second-order valence-corrected chi connectivity index (χ2v) is 5.39. The van der Waals surface area contributed by atoms with Gasteiger partial charge in [-0.15, -0.1) is 12.4 Å². The summed E-state index contributed by atoms with van der Waals surface area (Å²) < 4.78 is 0. The van der Waals surface area contributed by atoms with Gasteiger partial charge >= 0.3 is 0 Å². The SMILES string of the molecule is CNCC1CCN(C(=O)CCC2CCC2)C1.Cl. The number of likely N-dealkylation sites (tertiary alicyclic amines) is 1.